The Morgan fingerprint density at radius 3 is 2.64 bits per heavy atom. The molecule has 3 aromatic carbocycles. The molecule has 4 rings (SSSR count). The first-order chi connectivity index (χ1) is 13.5. The standard InChI is InChI=1S/C23H16Cl2O3/c1-14-4-2-3-5-16(14)13-27-18-8-9-19-21(12-18)28-22(23(19)26)10-15-6-7-17(24)11-20(15)25/h2-12H,13H2,1H3/b22-10+. The van der Waals surface area contributed by atoms with E-state index in [1.807, 2.05) is 31.2 Å². The summed E-state index contributed by atoms with van der Waals surface area (Å²) in [6.45, 7) is 2.49. The number of halogens is 2. The molecule has 0 bridgehead atoms. The number of allylic oxidation sites excluding steroid dienone is 1. The average molecular weight is 411 g/mol. The smallest absolute Gasteiger partial charge is 0.231 e. The Morgan fingerprint density at radius 1 is 1.04 bits per heavy atom. The van der Waals surface area contributed by atoms with Gasteiger partial charge in [-0.1, -0.05) is 53.5 Å². The van der Waals surface area contributed by atoms with Crippen LogP contribution < -0.4 is 9.47 Å². The van der Waals surface area contributed by atoms with Crippen molar-refractivity contribution >= 4 is 35.1 Å². The van der Waals surface area contributed by atoms with Crippen molar-refractivity contribution in [3.63, 3.8) is 0 Å². The first-order valence-corrected chi connectivity index (χ1v) is 9.47. The molecule has 0 radical (unpaired) electrons. The summed E-state index contributed by atoms with van der Waals surface area (Å²) in [5.74, 6) is 1.14. The van der Waals surface area contributed by atoms with E-state index in [4.69, 9.17) is 32.7 Å². The molecule has 1 aliphatic heterocycles. The monoisotopic (exact) mass is 410 g/mol. The van der Waals surface area contributed by atoms with Gasteiger partial charge in [0.2, 0.25) is 5.78 Å². The summed E-state index contributed by atoms with van der Waals surface area (Å²) in [5.41, 5.74) is 3.44. The lowest BCUT2D eigenvalue weighted by atomic mass is 10.1. The van der Waals surface area contributed by atoms with E-state index in [9.17, 15) is 4.79 Å². The molecule has 0 fully saturated rings. The van der Waals surface area contributed by atoms with Crippen LogP contribution in [0.15, 0.2) is 66.4 Å². The van der Waals surface area contributed by atoms with Crippen molar-refractivity contribution in [1.82, 2.24) is 0 Å². The molecule has 3 nitrogen and oxygen atoms in total. The lowest BCUT2D eigenvalue weighted by molar-refractivity contribution is 0.101. The predicted octanol–water partition coefficient (Wildman–Crippen LogP) is 6.50. The van der Waals surface area contributed by atoms with Crippen LogP contribution in [0, 0.1) is 6.92 Å². The number of carbonyl (C=O) groups is 1. The fourth-order valence-corrected chi connectivity index (χ4v) is 3.41. The molecule has 140 valence electrons. The van der Waals surface area contributed by atoms with Crippen LogP contribution in [0.3, 0.4) is 0 Å². The number of aryl methyl sites for hydroxylation is 1. The highest BCUT2D eigenvalue weighted by atomic mass is 35.5. The maximum absolute atomic E-state index is 12.6. The minimum absolute atomic E-state index is 0.188. The zero-order chi connectivity index (χ0) is 19.7. The fourth-order valence-electron chi connectivity index (χ4n) is 2.95. The molecule has 1 heterocycles. The van der Waals surface area contributed by atoms with Gasteiger partial charge in [0.15, 0.2) is 5.76 Å². The molecule has 5 heteroatoms. The summed E-state index contributed by atoms with van der Waals surface area (Å²) in [6, 6.07) is 18.4. The molecule has 0 aliphatic carbocycles. The highest BCUT2D eigenvalue weighted by Crippen LogP contribution is 2.36. The topological polar surface area (TPSA) is 35.5 Å². The van der Waals surface area contributed by atoms with E-state index in [0.717, 1.165) is 5.56 Å². The number of ketones is 1. The molecule has 0 saturated heterocycles. The van der Waals surface area contributed by atoms with Crippen molar-refractivity contribution < 1.29 is 14.3 Å². The number of carbonyl (C=O) groups excluding carboxylic acids is 1. The highest BCUT2D eigenvalue weighted by Gasteiger charge is 2.28. The molecule has 0 N–H and O–H groups in total. The number of hydrogen-bond acceptors (Lipinski definition) is 3. The molecule has 0 spiro atoms. The minimum Gasteiger partial charge on any atom is -0.489 e. The first kappa shape index (κ1) is 18.6. The van der Waals surface area contributed by atoms with E-state index >= 15 is 0 Å². The Bertz CT molecular complexity index is 1100. The van der Waals surface area contributed by atoms with Crippen molar-refractivity contribution in [1.29, 1.82) is 0 Å². The van der Waals surface area contributed by atoms with Crippen LogP contribution >= 0.6 is 23.2 Å². The van der Waals surface area contributed by atoms with Gasteiger partial charge < -0.3 is 9.47 Å². The maximum atomic E-state index is 12.6. The number of rotatable bonds is 4. The Labute approximate surface area is 173 Å². The lowest BCUT2D eigenvalue weighted by Gasteiger charge is -2.09. The van der Waals surface area contributed by atoms with Crippen molar-refractivity contribution in [3.8, 4) is 11.5 Å². The SMILES string of the molecule is Cc1ccccc1COc1ccc2c(c1)O/C(=C/c1ccc(Cl)cc1Cl)C2=O. The maximum Gasteiger partial charge on any atom is 0.231 e. The van der Waals surface area contributed by atoms with Gasteiger partial charge in [0.1, 0.15) is 18.1 Å². The third-order valence-electron chi connectivity index (χ3n) is 4.55. The van der Waals surface area contributed by atoms with Gasteiger partial charge in [0, 0.05) is 16.1 Å². The second-order valence-electron chi connectivity index (χ2n) is 6.48. The van der Waals surface area contributed by atoms with E-state index in [1.54, 1.807) is 42.5 Å². The van der Waals surface area contributed by atoms with Crippen molar-refractivity contribution in [2.24, 2.45) is 0 Å². The highest BCUT2D eigenvalue weighted by molar-refractivity contribution is 6.35. The molecule has 0 unspecified atom stereocenters. The van der Waals surface area contributed by atoms with Crippen LogP contribution in [0.25, 0.3) is 6.08 Å². The summed E-state index contributed by atoms with van der Waals surface area (Å²) in [6.07, 6.45) is 1.62. The van der Waals surface area contributed by atoms with E-state index < -0.39 is 0 Å². The molecule has 0 saturated carbocycles. The molecule has 3 aromatic rings. The molecular formula is C23H16Cl2O3. The van der Waals surface area contributed by atoms with Gasteiger partial charge in [-0.3, -0.25) is 4.79 Å². The number of Topliss-reactive ketones (excluding diaryl/α,β-unsaturated/α-hetero) is 1. The van der Waals surface area contributed by atoms with E-state index in [0.29, 0.717) is 39.3 Å². The van der Waals surface area contributed by atoms with E-state index in [-0.39, 0.29) is 11.5 Å². The van der Waals surface area contributed by atoms with Gasteiger partial charge in [-0.05, 0) is 54.0 Å². The summed E-state index contributed by atoms with van der Waals surface area (Å²) in [4.78, 5) is 12.6. The van der Waals surface area contributed by atoms with E-state index in [2.05, 4.69) is 0 Å². The molecule has 1 aliphatic rings. The van der Waals surface area contributed by atoms with Gasteiger partial charge in [-0.2, -0.15) is 0 Å². The molecule has 28 heavy (non-hydrogen) atoms. The van der Waals surface area contributed by atoms with Gasteiger partial charge in [-0.25, -0.2) is 0 Å². The zero-order valence-corrected chi connectivity index (χ0v) is 16.6. The number of fused-ring (bicyclic) bond motifs is 1. The van der Waals surface area contributed by atoms with Crippen molar-refractivity contribution in [2.75, 3.05) is 0 Å². The molecule has 0 atom stereocenters. The Hall–Kier alpha value is -2.75. The molecule has 0 amide bonds. The summed E-state index contributed by atoms with van der Waals surface area (Å²) >= 11 is 12.1. The van der Waals surface area contributed by atoms with E-state index in [1.165, 1.54) is 5.56 Å². The van der Waals surface area contributed by atoms with Crippen LogP contribution in [0.1, 0.15) is 27.0 Å². The Kier molecular flexibility index (Phi) is 5.12. The second-order valence-corrected chi connectivity index (χ2v) is 7.32. The van der Waals surface area contributed by atoms with Crippen molar-refractivity contribution in [2.45, 2.75) is 13.5 Å². The number of hydrogen-bond donors (Lipinski definition) is 0. The third kappa shape index (κ3) is 3.77. The average Bonchev–Trinajstić information content (AvgIpc) is 2.98. The summed E-state index contributed by atoms with van der Waals surface area (Å²) in [5, 5.41) is 0.985. The predicted molar refractivity (Wildman–Crippen MR) is 111 cm³/mol. The van der Waals surface area contributed by atoms with Crippen LogP contribution in [0.4, 0.5) is 0 Å². The quantitative estimate of drug-likeness (QED) is 0.460. The molecule has 0 aromatic heterocycles. The zero-order valence-electron chi connectivity index (χ0n) is 15.0. The van der Waals surface area contributed by atoms with Gasteiger partial charge in [0.25, 0.3) is 0 Å². The van der Waals surface area contributed by atoms with Crippen LogP contribution in [0.5, 0.6) is 11.5 Å². The first-order valence-electron chi connectivity index (χ1n) is 8.72. The minimum atomic E-state index is -0.188. The largest absolute Gasteiger partial charge is 0.489 e. The fraction of sp³-hybridized carbons (Fsp3) is 0.0870. The third-order valence-corrected chi connectivity index (χ3v) is 5.11. The number of benzene rings is 3. The lowest BCUT2D eigenvalue weighted by Crippen LogP contribution is -1.98. The van der Waals surface area contributed by atoms with Crippen LogP contribution in [0.2, 0.25) is 10.0 Å². The van der Waals surface area contributed by atoms with Crippen LogP contribution in [-0.2, 0) is 6.61 Å². The molecular weight excluding hydrogens is 395 g/mol. The Balaban J connectivity index is 1.54. The van der Waals surface area contributed by atoms with Gasteiger partial charge in [-0.15, -0.1) is 0 Å². The normalized spacial score (nSPS) is 14.1. The van der Waals surface area contributed by atoms with Gasteiger partial charge >= 0.3 is 0 Å². The van der Waals surface area contributed by atoms with Crippen LogP contribution in [-0.4, -0.2) is 5.78 Å². The summed E-state index contributed by atoms with van der Waals surface area (Å²) in [7, 11) is 0. The summed E-state index contributed by atoms with van der Waals surface area (Å²) < 4.78 is 11.6. The second kappa shape index (κ2) is 7.70. The van der Waals surface area contributed by atoms with Gasteiger partial charge in [0.05, 0.1) is 5.56 Å². The van der Waals surface area contributed by atoms with Crippen molar-refractivity contribution in [3.05, 3.63) is 98.7 Å². The number of ether oxygens (including phenoxy) is 2. The Morgan fingerprint density at radius 2 is 1.86 bits per heavy atom.